The van der Waals surface area contributed by atoms with Crippen molar-refractivity contribution < 1.29 is 4.92 Å². The van der Waals surface area contributed by atoms with Gasteiger partial charge in [-0.15, -0.1) is 0 Å². The quantitative estimate of drug-likeness (QED) is 0.487. The van der Waals surface area contributed by atoms with Gasteiger partial charge in [0.1, 0.15) is 12.7 Å². The number of nitrogens with one attached hydrogen (secondary N) is 2. The first-order chi connectivity index (χ1) is 11.1. The van der Waals surface area contributed by atoms with Crippen LogP contribution in [0.3, 0.4) is 0 Å². The summed E-state index contributed by atoms with van der Waals surface area (Å²) in [5.74, 6) is 0.418. The molecule has 0 amide bonds. The molecule has 0 bridgehead atoms. The van der Waals surface area contributed by atoms with Crippen molar-refractivity contribution in [3.05, 3.63) is 46.5 Å². The molecule has 1 aromatic carbocycles. The Morgan fingerprint density at radius 3 is 2.78 bits per heavy atom. The Morgan fingerprint density at radius 2 is 2.09 bits per heavy atom. The minimum atomic E-state index is -0.618. The number of aromatic nitrogens is 5. The van der Waals surface area contributed by atoms with Gasteiger partial charge in [-0.25, -0.2) is 15.0 Å². The summed E-state index contributed by atoms with van der Waals surface area (Å²) in [5.41, 5.74) is 7.49. The molecular formula is C13H12N8O2. The van der Waals surface area contributed by atoms with E-state index in [1.54, 1.807) is 6.07 Å². The van der Waals surface area contributed by atoms with Gasteiger partial charge in [0.2, 0.25) is 11.6 Å². The molecule has 0 aliphatic heterocycles. The van der Waals surface area contributed by atoms with Crippen molar-refractivity contribution in [1.29, 1.82) is 0 Å². The summed E-state index contributed by atoms with van der Waals surface area (Å²) in [6.07, 6.45) is 2.57. The molecule has 0 spiro atoms. The highest BCUT2D eigenvalue weighted by Gasteiger charge is 2.21. The highest BCUT2D eigenvalue weighted by atomic mass is 16.6. The lowest BCUT2D eigenvalue weighted by Gasteiger charge is -2.10. The van der Waals surface area contributed by atoms with Crippen molar-refractivity contribution in [2.45, 2.75) is 6.92 Å². The summed E-state index contributed by atoms with van der Waals surface area (Å²) >= 11 is 0. The predicted molar refractivity (Wildman–Crippen MR) is 82.9 cm³/mol. The topological polar surface area (TPSA) is 149 Å². The van der Waals surface area contributed by atoms with Crippen LogP contribution in [-0.4, -0.2) is 30.1 Å². The molecule has 0 radical (unpaired) electrons. The number of benzene rings is 1. The lowest BCUT2D eigenvalue weighted by atomic mass is 10.1. The van der Waals surface area contributed by atoms with Gasteiger partial charge in [-0.2, -0.15) is 5.10 Å². The van der Waals surface area contributed by atoms with Crippen LogP contribution in [-0.2, 0) is 0 Å². The van der Waals surface area contributed by atoms with Crippen LogP contribution in [0.4, 0.5) is 23.0 Å². The van der Waals surface area contributed by atoms with E-state index in [2.05, 4.69) is 30.5 Å². The number of rotatable bonds is 4. The number of hydrogen-bond acceptors (Lipinski definition) is 8. The molecule has 0 atom stereocenters. The highest BCUT2D eigenvalue weighted by Crippen LogP contribution is 2.31. The third kappa shape index (κ3) is 2.77. The Hall–Kier alpha value is -3.56. The Kier molecular flexibility index (Phi) is 3.55. The summed E-state index contributed by atoms with van der Waals surface area (Å²) < 4.78 is 0. The van der Waals surface area contributed by atoms with Crippen molar-refractivity contribution >= 4 is 23.0 Å². The van der Waals surface area contributed by atoms with Crippen molar-refractivity contribution in [2.24, 2.45) is 0 Å². The molecule has 23 heavy (non-hydrogen) atoms. The van der Waals surface area contributed by atoms with Crippen LogP contribution in [0.15, 0.2) is 30.9 Å². The van der Waals surface area contributed by atoms with E-state index in [0.29, 0.717) is 11.5 Å². The van der Waals surface area contributed by atoms with Crippen LogP contribution < -0.4 is 11.1 Å². The second-order valence-corrected chi connectivity index (χ2v) is 4.70. The van der Waals surface area contributed by atoms with Crippen molar-refractivity contribution in [3.63, 3.8) is 0 Å². The van der Waals surface area contributed by atoms with Gasteiger partial charge in [0.25, 0.3) is 0 Å². The number of H-pyrrole nitrogens is 1. The van der Waals surface area contributed by atoms with Gasteiger partial charge in [-0.3, -0.25) is 15.2 Å². The number of aryl methyl sites for hydroxylation is 1. The number of nitro groups is 1. The second-order valence-electron chi connectivity index (χ2n) is 4.70. The van der Waals surface area contributed by atoms with Gasteiger partial charge in [-0.1, -0.05) is 12.1 Å². The van der Waals surface area contributed by atoms with E-state index in [0.717, 1.165) is 11.1 Å². The lowest BCUT2D eigenvalue weighted by molar-refractivity contribution is -0.383. The van der Waals surface area contributed by atoms with Gasteiger partial charge in [0.05, 0.1) is 4.92 Å². The molecule has 3 aromatic rings. The summed E-state index contributed by atoms with van der Waals surface area (Å²) in [6.45, 7) is 1.86. The standard InChI is InChI=1S/C13H12N8O2/c1-7-2-3-8(12-17-6-18-20-12)4-9(7)19-13-10(21(22)23)11(14)15-5-16-13/h2-6H,1H3,(H,17,18,20)(H3,14,15,16,19). The molecule has 0 saturated heterocycles. The van der Waals surface area contributed by atoms with Crippen molar-refractivity contribution in [1.82, 2.24) is 25.1 Å². The van der Waals surface area contributed by atoms with Crippen LogP contribution in [0.1, 0.15) is 5.56 Å². The summed E-state index contributed by atoms with van der Waals surface area (Å²) in [7, 11) is 0. The molecule has 4 N–H and O–H groups in total. The number of anilines is 3. The molecule has 10 nitrogen and oxygen atoms in total. The number of aromatic amines is 1. The lowest BCUT2D eigenvalue weighted by Crippen LogP contribution is -2.05. The first kappa shape index (κ1) is 14.4. The zero-order valence-electron chi connectivity index (χ0n) is 12.0. The largest absolute Gasteiger partial charge is 0.378 e. The van der Waals surface area contributed by atoms with Gasteiger partial charge >= 0.3 is 5.69 Å². The first-order valence-electron chi connectivity index (χ1n) is 6.54. The molecule has 116 valence electrons. The highest BCUT2D eigenvalue weighted by molar-refractivity contribution is 5.75. The minimum absolute atomic E-state index is 0.0281. The first-order valence-corrected chi connectivity index (χ1v) is 6.54. The second kappa shape index (κ2) is 5.67. The fourth-order valence-electron chi connectivity index (χ4n) is 2.04. The molecule has 0 fully saturated rings. The van der Waals surface area contributed by atoms with E-state index >= 15 is 0 Å². The van der Waals surface area contributed by atoms with E-state index < -0.39 is 4.92 Å². The molecular weight excluding hydrogens is 300 g/mol. The van der Waals surface area contributed by atoms with Crippen LogP contribution in [0.2, 0.25) is 0 Å². The molecule has 2 aromatic heterocycles. The number of hydrogen-bond donors (Lipinski definition) is 3. The smallest absolute Gasteiger partial charge is 0.353 e. The number of nitrogens with zero attached hydrogens (tertiary/aromatic N) is 5. The Bertz CT molecular complexity index is 862. The van der Waals surface area contributed by atoms with Crippen molar-refractivity contribution in [3.8, 4) is 11.4 Å². The van der Waals surface area contributed by atoms with E-state index in [-0.39, 0.29) is 17.3 Å². The molecule has 10 heteroatoms. The zero-order chi connectivity index (χ0) is 16.4. The molecule has 2 heterocycles. The van der Waals surface area contributed by atoms with Crippen LogP contribution in [0.5, 0.6) is 0 Å². The normalized spacial score (nSPS) is 10.5. The fourth-order valence-corrected chi connectivity index (χ4v) is 2.04. The Balaban J connectivity index is 2.02. The maximum Gasteiger partial charge on any atom is 0.353 e. The average molecular weight is 312 g/mol. The Labute approximate surface area is 130 Å². The molecule has 3 rings (SSSR count). The van der Waals surface area contributed by atoms with Gasteiger partial charge in [-0.05, 0) is 18.6 Å². The molecule has 0 unspecified atom stereocenters. The number of nitrogen functional groups attached to an aromatic ring is 1. The molecule has 0 aliphatic carbocycles. The van der Waals surface area contributed by atoms with E-state index in [1.807, 2.05) is 19.1 Å². The van der Waals surface area contributed by atoms with Crippen LogP contribution in [0.25, 0.3) is 11.4 Å². The van der Waals surface area contributed by atoms with E-state index in [1.165, 1.54) is 12.7 Å². The monoisotopic (exact) mass is 312 g/mol. The maximum atomic E-state index is 11.2. The van der Waals surface area contributed by atoms with Gasteiger partial charge in [0.15, 0.2) is 5.82 Å². The van der Waals surface area contributed by atoms with Crippen LogP contribution >= 0.6 is 0 Å². The summed E-state index contributed by atoms with van der Waals surface area (Å²) in [5, 5.41) is 20.6. The Morgan fingerprint density at radius 1 is 1.26 bits per heavy atom. The molecule has 0 saturated carbocycles. The number of nitrogens with two attached hydrogens (primary N) is 1. The van der Waals surface area contributed by atoms with Gasteiger partial charge in [0, 0.05) is 11.3 Å². The molecule has 0 aliphatic rings. The van der Waals surface area contributed by atoms with Crippen LogP contribution in [0, 0.1) is 17.0 Å². The third-order valence-electron chi connectivity index (χ3n) is 3.21. The predicted octanol–water partition coefficient (Wildman–Crippen LogP) is 1.80. The van der Waals surface area contributed by atoms with E-state index in [9.17, 15) is 10.1 Å². The average Bonchev–Trinajstić information content (AvgIpc) is 3.03. The summed E-state index contributed by atoms with van der Waals surface area (Å²) in [4.78, 5) is 22.2. The fraction of sp³-hybridized carbons (Fsp3) is 0.0769. The third-order valence-corrected chi connectivity index (χ3v) is 3.21. The maximum absolute atomic E-state index is 11.2. The SMILES string of the molecule is Cc1ccc(-c2ncn[nH]2)cc1Nc1ncnc(N)c1[N+](=O)[O-]. The van der Waals surface area contributed by atoms with E-state index in [4.69, 9.17) is 5.73 Å². The summed E-state index contributed by atoms with van der Waals surface area (Å²) in [6, 6.07) is 5.51. The van der Waals surface area contributed by atoms with Crippen molar-refractivity contribution in [2.75, 3.05) is 11.1 Å². The zero-order valence-corrected chi connectivity index (χ0v) is 12.0. The minimum Gasteiger partial charge on any atom is -0.378 e. The van der Waals surface area contributed by atoms with Gasteiger partial charge < -0.3 is 11.1 Å².